The lowest BCUT2D eigenvalue weighted by Gasteiger charge is -2.12. The summed E-state index contributed by atoms with van der Waals surface area (Å²) in [5.74, 6) is 0.638. The van der Waals surface area contributed by atoms with Crippen molar-refractivity contribution >= 4 is 33.1 Å². The highest BCUT2D eigenvalue weighted by Gasteiger charge is 2.19. The molecule has 4 aromatic rings. The van der Waals surface area contributed by atoms with Crippen LogP contribution in [0.2, 0.25) is 0 Å². The lowest BCUT2D eigenvalue weighted by atomic mass is 10.2. The zero-order chi connectivity index (χ0) is 20.5. The molecule has 0 atom stereocenters. The van der Waals surface area contributed by atoms with Gasteiger partial charge in [-0.25, -0.2) is 9.67 Å². The number of methoxy groups -OCH3 is 1. The second-order valence-corrected chi connectivity index (χ2v) is 7.65. The average molecular weight is 410 g/mol. The average Bonchev–Trinajstić information content (AvgIpc) is 3.34. The fraction of sp³-hybridized carbons (Fsp3) is 0.200. The third-order valence-electron chi connectivity index (χ3n) is 4.28. The Morgan fingerprint density at radius 1 is 1.31 bits per heavy atom. The Balaban J connectivity index is 1.71. The van der Waals surface area contributed by atoms with Crippen molar-refractivity contribution in [2.45, 2.75) is 20.4 Å². The number of fused-ring (bicyclic) bond motifs is 1. The van der Waals surface area contributed by atoms with Gasteiger partial charge in [0.1, 0.15) is 18.0 Å². The summed E-state index contributed by atoms with van der Waals surface area (Å²) < 4.78 is 12.5. The Labute approximate surface area is 169 Å². The van der Waals surface area contributed by atoms with Crippen molar-refractivity contribution in [3.8, 4) is 17.2 Å². The number of hydrogen-bond acceptors (Lipinski definition) is 7. The van der Waals surface area contributed by atoms with Crippen molar-refractivity contribution in [2.24, 2.45) is 0 Å². The highest BCUT2D eigenvalue weighted by atomic mass is 32.1. The van der Waals surface area contributed by atoms with E-state index in [4.69, 9.17) is 9.15 Å². The summed E-state index contributed by atoms with van der Waals surface area (Å²) in [6, 6.07) is 8.95. The van der Waals surface area contributed by atoms with Crippen LogP contribution >= 0.6 is 11.3 Å². The molecular formula is C20H18N4O4S. The molecule has 0 aliphatic heterocycles. The molecule has 8 nitrogen and oxygen atoms in total. The van der Waals surface area contributed by atoms with E-state index in [9.17, 15) is 9.59 Å². The molecule has 0 bridgehead atoms. The van der Waals surface area contributed by atoms with Gasteiger partial charge in [-0.15, -0.1) is 11.3 Å². The van der Waals surface area contributed by atoms with E-state index in [2.05, 4.69) is 15.4 Å². The fourth-order valence-electron chi connectivity index (χ4n) is 2.99. The van der Waals surface area contributed by atoms with Gasteiger partial charge in [-0.05, 0) is 43.7 Å². The number of thiazole rings is 1. The Bertz CT molecular complexity index is 1260. The number of furan rings is 1. The van der Waals surface area contributed by atoms with E-state index < -0.39 is 11.5 Å². The van der Waals surface area contributed by atoms with Gasteiger partial charge in [0.25, 0.3) is 5.56 Å². The van der Waals surface area contributed by atoms with Gasteiger partial charge < -0.3 is 14.5 Å². The molecular weight excluding hydrogens is 392 g/mol. The summed E-state index contributed by atoms with van der Waals surface area (Å²) in [4.78, 5) is 29.8. The van der Waals surface area contributed by atoms with Gasteiger partial charge in [0, 0.05) is 0 Å². The maximum Gasteiger partial charge on any atom is 0.294 e. The molecule has 0 fully saturated rings. The molecule has 148 valence electrons. The Hall–Kier alpha value is -3.46. The number of hydrogen-bond donors (Lipinski definition) is 1. The predicted molar refractivity (Wildman–Crippen MR) is 110 cm³/mol. The summed E-state index contributed by atoms with van der Waals surface area (Å²) in [7, 11) is 1.53. The van der Waals surface area contributed by atoms with Crippen molar-refractivity contribution in [1.82, 2.24) is 14.8 Å². The molecule has 3 aromatic heterocycles. The SMILES string of the molecule is COc1ccc(C)cc1NC(=O)Cn1nc(-c2ccco2)c2sc(C)nc2c1=O. The van der Waals surface area contributed by atoms with Crippen LogP contribution in [0.15, 0.2) is 45.8 Å². The van der Waals surface area contributed by atoms with E-state index in [-0.39, 0.29) is 12.1 Å². The summed E-state index contributed by atoms with van der Waals surface area (Å²) in [5, 5.41) is 7.90. The zero-order valence-corrected chi connectivity index (χ0v) is 16.9. The van der Waals surface area contributed by atoms with Crippen molar-refractivity contribution in [1.29, 1.82) is 0 Å². The Morgan fingerprint density at radius 2 is 2.14 bits per heavy atom. The maximum absolute atomic E-state index is 12.8. The number of carbonyl (C=O) groups excluding carboxylic acids is 1. The van der Waals surface area contributed by atoms with Crippen molar-refractivity contribution in [2.75, 3.05) is 12.4 Å². The first-order chi connectivity index (χ1) is 14.0. The van der Waals surface area contributed by atoms with Gasteiger partial charge >= 0.3 is 0 Å². The first-order valence-corrected chi connectivity index (χ1v) is 9.64. The minimum atomic E-state index is -0.425. The monoisotopic (exact) mass is 410 g/mol. The van der Waals surface area contributed by atoms with Crippen LogP contribution in [-0.2, 0) is 11.3 Å². The quantitative estimate of drug-likeness (QED) is 0.541. The third-order valence-corrected chi connectivity index (χ3v) is 5.26. The number of benzene rings is 1. The van der Waals surface area contributed by atoms with Crippen molar-refractivity contribution in [3.05, 3.63) is 57.5 Å². The molecule has 9 heteroatoms. The zero-order valence-electron chi connectivity index (χ0n) is 16.1. The van der Waals surface area contributed by atoms with Crippen LogP contribution in [-0.4, -0.2) is 27.8 Å². The van der Waals surface area contributed by atoms with Crippen LogP contribution < -0.4 is 15.6 Å². The second-order valence-electron chi connectivity index (χ2n) is 6.45. The van der Waals surface area contributed by atoms with Crippen LogP contribution in [0.5, 0.6) is 5.75 Å². The molecule has 0 saturated heterocycles. The first kappa shape index (κ1) is 18.9. The van der Waals surface area contributed by atoms with Crippen LogP contribution in [0, 0.1) is 13.8 Å². The van der Waals surface area contributed by atoms with Gasteiger partial charge in [-0.2, -0.15) is 5.10 Å². The number of nitrogens with zero attached hydrogens (tertiary/aromatic N) is 3. The lowest BCUT2D eigenvalue weighted by Crippen LogP contribution is -2.30. The predicted octanol–water partition coefficient (Wildman–Crippen LogP) is 3.38. The molecule has 1 amide bonds. The van der Waals surface area contributed by atoms with Crippen LogP contribution in [0.1, 0.15) is 10.6 Å². The number of amides is 1. The summed E-state index contributed by atoms with van der Waals surface area (Å²) >= 11 is 1.36. The van der Waals surface area contributed by atoms with Crippen LogP contribution in [0.3, 0.4) is 0 Å². The molecule has 3 heterocycles. The molecule has 0 aliphatic rings. The Morgan fingerprint density at radius 3 is 2.86 bits per heavy atom. The van der Waals surface area contributed by atoms with E-state index in [1.807, 2.05) is 19.9 Å². The molecule has 0 saturated carbocycles. The summed E-state index contributed by atoms with van der Waals surface area (Å²) in [6.07, 6.45) is 1.53. The standard InChI is InChI=1S/C20H18N4O4S/c1-11-6-7-14(27-3)13(9-11)22-16(25)10-24-20(26)18-19(29-12(2)21-18)17(23-24)15-5-4-8-28-15/h4-9H,10H2,1-3H3,(H,22,25). The van der Waals surface area contributed by atoms with E-state index in [0.717, 1.165) is 15.3 Å². The van der Waals surface area contributed by atoms with E-state index >= 15 is 0 Å². The van der Waals surface area contributed by atoms with Crippen LogP contribution in [0.4, 0.5) is 5.69 Å². The largest absolute Gasteiger partial charge is 0.495 e. The smallest absolute Gasteiger partial charge is 0.294 e. The second kappa shape index (κ2) is 7.51. The first-order valence-electron chi connectivity index (χ1n) is 8.83. The van der Waals surface area contributed by atoms with E-state index in [0.29, 0.717) is 27.6 Å². The number of nitrogens with one attached hydrogen (secondary N) is 1. The topological polar surface area (TPSA) is 99.2 Å². The molecule has 1 N–H and O–H groups in total. The molecule has 0 unspecified atom stereocenters. The fourth-order valence-corrected chi connectivity index (χ4v) is 3.89. The lowest BCUT2D eigenvalue weighted by molar-refractivity contribution is -0.117. The molecule has 0 spiro atoms. The van der Waals surface area contributed by atoms with Gasteiger partial charge in [0.2, 0.25) is 5.91 Å². The molecule has 29 heavy (non-hydrogen) atoms. The normalized spacial score (nSPS) is 11.0. The number of aromatic nitrogens is 3. The highest BCUT2D eigenvalue weighted by Crippen LogP contribution is 2.29. The molecule has 4 rings (SSSR count). The Kier molecular flexibility index (Phi) is 4.89. The summed E-state index contributed by atoms with van der Waals surface area (Å²) in [5.41, 5.74) is 1.83. The number of ether oxygens (including phenoxy) is 1. The summed E-state index contributed by atoms with van der Waals surface area (Å²) in [6.45, 7) is 3.46. The molecule has 0 aliphatic carbocycles. The third kappa shape index (κ3) is 3.64. The van der Waals surface area contributed by atoms with Crippen LogP contribution in [0.25, 0.3) is 21.7 Å². The number of aryl methyl sites for hydroxylation is 2. The minimum absolute atomic E-state index is 0.268. The van der Waals surface area contributed by atoms with Crippen molar-refractivity contribution in [3.63, 3.8) is 0 Å². The van der Waals surface area contributed by atoms with E-state index in [1.54, 1.807) is 24.3 Å². The van der Waals surface area contributed by atoms with Crippen molar-refractivity contribution < 1.29 is 13.9 Å². The minimum Gasteiger partial charge on any atom is -0.495 e. The van der Waals surface area contributed by atoms with Gasteiger partial charge in [-0.1, -0.05) is 6.07 Å². The maximum atomic E-state index is 12.8. The van der Waals surface area contributed by atoms with Gasteiger partial charge in [-0.3, -0.25) is 9.59 Å². The van der Waals surface area contributed by atoms with E-state index in [1.165, 1.54) is 24.7 Å². The molecule has 1 aromatic carbocycles. The number of rotatable bonds is 5. The van der Waals surface area contributed by atoms with Gasteiger partial charge in [0.15, 0.2) is 11.3 Å². The highest BCUT2D eigenvalue weighted by molar-refractivity contribution is 7.19. The number of anilines is 1. The van der Waals surface area contributed by atoms with Gasteiger partial charge in [0.05, 0.1) is 28.8 Å². The number of carbonyl (C=O) groups is 1. The molecule has 0 radical (unpaired) electrons.